The van der Waals surface area contributed by atoms with Gasteiger partial charge in [-0.1, -0.05) is 0 Å². The van der Waals surface area contributed by atoms with E-state index in [-0.39, 0.29) is 5.69 Å². The lowest BCUT2D eigenvalue weighted by molar-refractivity contribution is -0.384. The molecule has 0 radical (unpaired) electrons. The second-order valence-electron chi connectivity index (χ2n) is 5.35. The Hall–Kier alpha value is -2.72. The average molecular weight is 383 g/mol. The lowest BCUT2D eigenvalue weighted by Crippen LogP contribution is -2.26. The quantitative estimate of drug-likeness (QED) is 0.165. The van der Waals surface area contributed by atoms with Crippen molar-refractivity contribution in [2.24, 2.45) is 0 Å². The number of nitrogens with one attached hydrogen (secondary N) is 2. The molecule has 0 fully saturated rings. The molecule has 0 heterocycles. The topological polar surface area (TPSA) is 129 Å². The van der Waals surface area contributed by atoms with Crippen LogP contribution in [-0.4, -0.2) is 50.3 Å². The molecule has 0 saturated carbocycles. The maximum atomic E-state index is 11.2. The van der Waals surface area contributed by atoms with Gasteiger partial charge in [0, 0.05) is 30.8 Å². The number of hydrogen-bond donors (Lipinski definition) is 2. The molecular formula is C17H25N3O7. The lowest BCUT2D eigenvalue weighted by Gasteiger charge is -2.19. The van der Waals surface area contributed by atoms with Gasteiger partial charge in [-0.05, 0) is 31.9 Å². The number of nitro groups is 1. The maximum Gasteiger partial charge on any atom is 0.407 e. The summed E-state index contributed by atoms with van der Waals surface area (Å²) >= 11 is 0. The van der Waals surface area contributed by atoms with Crippen molar-refractivity contribution in [1.82, 2.24) is 10.6 Å². The average Bonchev–Trinajstić information content (AvgIpc) is 2.66. The van der Waals surface area contributed by atoms with Gasteiger partial charge in [-0.3, -0.25) is 14.9 Å². The number of rotatable bonds is 14. The minimum Gasteiger partial charge on any atom is -0.450 e. The molecule has 10 heteroatoms. The zero-order valence-electron chi connectivity index (χ0n) is 15.2. The predicted octanol–water partition coefficient (Wildman–Crippen LogP) is 1.90. The standard InChI is InChI=1S/C17H25N3O7/c1-2-25-17(22)19-10-4-12-27-16(26-11-3-9-18-13-21)14-5-7-15(8-6-14)20(23)24/h5-8,13,16H,2-4,9-12H2,1H3,(H,18,21)(H,19,22). The van der Waals surface area contributed by atoms with Crippen molar-refractivity contribution in [2.75, 3.05) is 32.9 Å². The number of nitro benzene ring substituents is 1. The summed E-state index contributed by atoms with van der Waals surface area (Å²) < 4.78 is 16.1. The highest BCUT2D eigenvalue weighted by molar-refractivity contribution is 5.66. The molecule has 1 unspecified atom stereocenters. The van der Waals surface area contributed by atoms with Crippen LogP contribution >= 0.6 is 0 Å². The van der Waals surface area contributed by atoms with Gasteiger partial charge in [0.2, 0.25) is 6.41 Å². The van der Waals surface area contributed by atoms with Crippen LogP contribution in [0.1, 0.15) is 31.6 Å². The second kappa shape index (κ2) is 13.5. The van der Waals surface area contributed by atoms with Crippen LogP contribution in [0.3, 0.4) is 0 Å². The lowest BCUT2D eigenvalue weighted by atomic mass is 10.2. The summed E-state index contributed by atoms with van der Waals surface area (Å²) in [4.78, 5) is 31.7. The van der Waals surface area contributed by atoms with Crippen molar-refractivity contribution >= 4 is 18.2 Å². The third-order valence-electron chi connectivity index (χ3n) is 3.33. The molecule has 0 bridgehead atoms. The smallest absolute Gasteiger partial charge is 0.407 e. The highest BCUT2D eigenvalue weighted by atomic mass is 16.7. The summed E-state index contributed by atoms with van der Waals surface area (Å²) in [5.74, 6) is 0. The Balaban J connectivity index is 2.50. The fourth-order valence-electron chi connectivity index (χ4n) is 2.05. The van der Waals surface area contributed by atoms with Crippen LogP contribution in [0.4, 0.5) is 10.5 Å². The Morgan fingerprint density at radius 3 is 2.37 bits per heavy atom. The van der Waals surface area contributed by atoms with Crippen molar-refractivity contribution in [3.63, 3.8) is 0 Å². The molecule has 0 aliphatic carbocycles. The first-order valence-electron chi connectivity index (χ1n) is 8.63. The van der Waals surface area contributed by atoms with E-state index < -0.39 is 17.3 Å². The summed E-state index contributed by atoms with van der Waals surface area (Å²) in [7, 11) is 0. The molecule has 2 N–H and O–H groups in total. The van der Waals surface area contributed by atoms with Crippen LogP contribution in [0.2, 0.25) is 0 Å². The van der Waals surface area contributed by atoms with Gasteiger partial charge in [-0.2, -0.15) is 0 Å². The Morgan fingerprint density at radius 1 is 1.19 bits per heavy atom. The van der Waals surface area contributed by atoms with E-state index in [1.165, 1.54) is 12.1 Å². The summed E-state index contributed by atoms with van der Waals surface area (Å²) in [6.45, 7) is 3.52. The van der Waals surface area contributed by atoms with E-state index >= 15 is 0 Å². The van der Waals surface area contributed by atoms with Gasteiger partial charge in [-0.15, -0.1) is 0 Å². The van der Waals surface area contributed by atoms with Crippen molar-refractivity contribution in [3.05, 3.63) is 39.9 Å². The van der Waals surface area contributed by atoms with Crippen LogP contribution in [-0.2, 0) is 19.0 Å². The van der Waals surface area contributed by atoms with Crippen LogP contribution in [0.5, 0.6) is 0 Å². The van der Waals surface area contributed by atoms with Gasteiger partial charge in [0.15, 0.2) is 6.29 Å². The molecule has 10 nitrogen and oxygen atoms in total. The van der Waals surface area contributed by atoms with E-state index in [1.54, 1.807) is 19.1 Å². The number of alkyl carbamates (subject to hydrolysis) is 1. The van der Waals surface area contributed by atoms with Crippen LogP contribution in [0, 0.1) is 10.1 Å². The van der Waals surface area contributed by atoms with Gasteiger partial charge in [-0.25, -0.2) is 4.79 Å². The minimum absolute atomic E-state index is 0.0219. The number of ether oxygens (including phenoxy) is 3. The molecule has 0 saturated heterocycles. The first kappa shape index (κ1) is 22.3. The fraction of sp³-hybridized carbons (Fsp3) is 0.529. The molecule has 150 valence electrons. The van der Waals surface area contributed by atoms with Gasteiger partial charge in [0.25, 0.3) is 5.69 Å². The van der Waals surface area contributed by atoms with Crippen molar-refractivity contribution in [1.29, 1.82) is 0 Å². The molecule has 1 atom stereocenters. The third-order valence-corrected chi connectivity index (χ3v) is 3.33. The second-order valence-corrected chi connectivity index (χ2v) is 5.35. The summed E-state index contributed by atoms with van der Waals surface area (Å²) in [6.07, 6.45) is 0.558. The molecule has 0 aliphatic rings. The SMILES string of the molecule is CCOC(=O)NCCCOC(OCCCNC=O)c1ccc([N+](=O)[O-])cc1. The fourth-order valence-corrected chi connectivity index (χ4v) is 2.05. The maximum absolute atomic E-state index is 11.2. The van der Waals surface area contributed by atoms with E-state index in [0.29, 0.717) is 57.7 Å². The van der Waals surface area contributed by atoms with Crippen molar-refractivity contribution in [3.8, 4) is 0 Å². The third kappa shape index (κ3) is 9.52. The monoisotopic (exact) mass is 383 g/mol. The molecule has 0 aliphatic heterocycles. The highest BCUT2D eigenvalue weighted by Crippen LogP contribution is 2.22. The Labute approximate surface area is 157 Å². The number of benzene rings is 1. The summed E-state index contributed by atoms with van der Waals surface area (Å²) in [5, 5.41) is 15.9. The summed E-state index contributed by atoms with van der Waals surface area (Å²) in [5.41, 5.74) is 0.619. The first-order valence-corrected chi connectivity index (χ1v) is 8.63. The van der Waals surface area contributed by atoms with Crippen LogP contribution in [0.15, 0.2) is 24.3 Å². The van der Waals surface area contributed by atoms with E-state index in [1.807, 2.05) is 0 Å². The number of amides is 2. The van der Waals surface area contributed by atoms with E-state index in [9.17, 15) is 19.7 Å². The van der Waals surface area contributed by atoms with Gasteiger partial charge >= 0.3 is 6.09 Å². The highest BCUT2D eigenvalue weighted by Gasteiger charge is 2.14. The van der Waals surface area contributed by atoms with Gasteiger partial charge < -0.3 is 24.8 Å². The Kier molecular flexibility index (Phi) is 11.1. The number of carbonyl (C=O) groups excluding carboxylic acids is 2. The molecule has 1 aromatic carbocycles. The Morgan fingerprint density at radius 2 is 1.81 bits per heavy atom. The number of carbonyl (C=O) groups is 2. The zero-order valence-corrected chi connectivity index (χ0v) is 15.2. The molecule has 1 aromatic rings. The van der Waals surface area contributed by atoms with Gasteiger partial charge in [0.05, 0.1) is 24.7 Å². The minimum atomic E-state index is -0.704. The molecule has 27 heavy (non-hydrogen) atoms. The van der Waals surface area contributed by atoms with Gasteiger partial charge in [0.1, 0.15) is 0 Å². The largest absolute Gasteiger partial charge is 0.450 e. The van der Waals surface area contributed by atoms with Crippen LogP contribution < -0.4 is 10.6 Å². The molecule has 1 rings (SSSR count). The molecule has 0 aromatic heterocycles. The predicted molar refractivity (Wildman–Crippen MR) is 96.1 cm³/mol. The van der Waals surface area contributed by atoms with Crippen molar-refractivity contribution < 1.29 is 28.7 Å². The van der Waals surface area contributed by atoms with E-state index in [2.05, 4.69) is 10.6 Å². The molecular weight excluding hydrogens is 358 g/mol. The normalized spacial score (nSPS) is 11.4. The number of nitrogens with zero attached hydrogens (tertiary/aromatic N) is 1. The van der Waals surface area contributed by atoms with Crippen LogP contribution in [0.25, 0.3) is 0 Å². The first-order chi connectivity index (χ1) is 13.1. The molecule has 2 amide bonds. The zero-order chi connectivity index (χ0) is 19.9. The Bertz CT molecular complexity index is 580. The van der Waals surface area contributed by atoms with E-state index in [0.717, 1.165) is 0 Å². The number of hydrogen-bond acceptors (Lipinski definition) is 7. The summed E-state index contributed by atoms with van der Waals surface area (Å²) in [6, 6.07) is 5.91. The van der Waals surface area contributed by atoms with E-state index in [4.69, 9.17) is 14.2 Å². The van der Waals surface area contributed by atoms with Crippen molar-refractivity contribution in [2.45, 2.75) is 26.1 Å². The number of non-ortho nitro benzene ring substituents is 1. The molecule has 0 spiro atoms.